The molecule has 0 spiro atoms. The molecule has 0 aliphatic carbocycles. The van der Waals surface area contributed by atoms with E-state index in [1.54, 1.807) is 32.9 Å². The molecular weight excluding hydrogens is 256 g/mol. The van der Waals surface area contributed by atoms with Crippen molar-refractivity contribution in [2.24, 2.45) is 0 Å². The third-order valence-corrected chi connectivity index (χ3v) is 2.08. The topological polar surface area (TPSA) is 68.3 Å². The summed E-state index contributed by atoms with van der Waals surface area (Å²) in [6.07, 6.45) is 1.02. The number of ketones is 1. The van der Waals surface area contributed by atoms with E-state index in [2.05, 4.69) is 22.1 Å². The number of carbonyl (C=O) groups is 2. The van der Waals surface area contributed by atoms with E-state index < -0.39 is 11.7 Å². The van der Waals surface area contributed by atoms with E-state index in [1.165, 1.54) is 13.1 Å². The van der Waals surface area contributed by atoms with Crippen molar-refractivity contribution in [3.8, 4) is 11.8 Å². The number of pyridine rings is 1. The summed E-state index contributed by atoms with van der Waals surface area (Å²) in [7, 11) is 0. The molecule has 106 valence electrons. The van der Waals surface area contributed by atoms with Gasteiger partial charge in [-0.2, -0.15) is 0 Å². The van der Waals surface area contributed by atoms with Gasteiger partial charge in [-0.15, -0.1) is 0 Å². The lowest BCUT2D eigenvalue weighted by molar-refractivity contribution is 0.0535. The second-order valence-electron chi connectivity index (χ2n) is 5.15. The molecule has 0 aromatic carbocycles. The molecule has 1 heterocycles. The van der Waals surface area contributed by atoms with Crippen LogP contribution in [0.25, 0.3) is 0 Å². The zero-order valence-corrected chi connectivity index (χ0v) is 12.1. The fourth-order valence-electron chi connectivity index (χ4n) is 1.25. The minimum Gasteiger partial charge on any atom is -0.444 e. The van der Waals surface area contributed by atoms with E-state index in [1.807, 2.05) is 0 Å². The van der Waals surface area contributed by atoms with E-state index in [4.69, 9.17) is 4.74 Å². The van der Waals surface area contributed by atoms with Crippen molar-refractivity contribution in [2.45, 2.75) is 33.3 Å². The Hall–Kier alpha value is -2.35. The van der Waals surface area contributed by atoms with E-state index in [-0.39, 0.29) is 12.3 Å². The van der Waals surface area contributed by atoms with Crippen LogP contribution in [0.5, 0.6) is 0 Å². The highest BCUT2D eigenvalue weighted by Gasteiger charge is 2.14. The van der Waals surface area contributed by atoms with Gasteiger partial charge < -0.3 is 10.1 Å². The zero-order chi connectivity index (χ0) is 15.2. The molecule has 0 aliphatic heterocycles. The van der Waals surface area contributed by atoms with Crippen LogP contribution in [0.3, 0.4) is 0 Å². The molecule has 1 amide bonds. The highest BCUT2D eigenvalue weighted by atomic mass is 16.6. The normalized spacial score (nSPS) is 10.2. The average molecular weight is 274 g/mol. The second-order valence-corrected chi connectivity index (χ2v) is 5.15. The first-order valence-corrected chi connectivity index (χ1v) is 6.20. The van der Waals surface area contributed by atoms with Crippen molar-refractivity contribution in [1.29, 1.82) is 0 Å². The molecule has 0 bridgehead atoms. The molecular formula is C15H18N2O3. The number of alkyl carbamates (subject to hydrolysis) is 1. The minimum atomic E-state index is -0.524. The van der Waals surface area contributed by atoms with Gasteiger partial charge in [-0.25, -0.2) is 4.79 Å². The first-order valence-electron chi connectivity index (χ1n) is 6.20. The van der Waals surface area contributed by atoms with E-state index in [0.717, 1.165) is 0 Å². The molecule has 1 aromatic rings. The van der Waals surface area contributed by atoms with Crippen molar-refractivity contribution in [2.75, 3.05) is 6.54 Å². The Morgan fingerprint density at radius 3 is 2.55 bits per heavy atom. The van der Waals surface area contributed by atoms with Crippen LogP contribution in [0.4, 0.5) is 4.79 Å². The maximum absolute atomic E-state index is 11.3. The maximum atomic E-state index is 11.3. The van der Waals surface area contributed by atoms with E-state index >= 15 is 0 Å². The van der Waals surface area contributed by atoms with Gasteiger partial charge in [0.1, 0.15) is 11.3 Å². The Bertz CT molecular complexity index is 545. The number of Topliss-reactive ketones (excluding diaryl/α,β-unsaturated/α-hetero) is 1. The Morgan fingerprint density at radius 1 is 1.35 bits per heavy atom. The van der Waals surface area contributed by atoms with Crippen molar-refractivity contribution >= 4 is 11.9 Å². The summed E-state index contributed by atoms with van der Waals surface area (Å²) in [6, 6.07) is 3.33. The summed E-state index contributed by atoms with van der Waals surface area (Å²) < 4.78 is 5.06. The minimum absolute atomic E-state index is 0.0869. The van der Waals surface area contributed by atoms with Gasteiger partial charge >= 0.3 is 6.09 Å². The van der Waals surface area contributed by atoms with Crippen LogP contribution in [-0.2, 0) is 4.74 Å². The lowest BCUT2D eigenvalue weighted by atomic mass is 10.2. The summed E-state index contributed by atoms with van der Waals surface area (Å²) >= 11 is 0. The highest BCUT2D eigenvalue weighted by Crippen LogP contribution is 2.06. The van der Waals surface area contributed by atoms with Crippen molar-refractivity contribution < 1.29 is 14.3 Å². The molecule has 1 aromatic heterocycles. The fraction of sp³-hybridized carbons (Fsp3) is 0.400. The van der Waals surface area contributed by atoms with Crippen LogP contribution in [0.2, 0.25) is 0 Å². The van der Waals surface area contributed by atoms with Gasteiger partial charge in [-0.1, -0.05) is 11.8 Å². The van der Waals surface area contributed by atoms with E-state index in [0.29, 0.717) is 11.3 Å². The Balaban J connectivity index is 2.47. The molecule has 5 heteroatoms. The molecule has 20 heavy (non-hydrogen) atoms. The molecule has 5 nitrogen and oxygen atoms in total. The number of hydrogen-bond donors (Lipinski definition) is 1. The van der Waals surface area contributed by atoms with Gasteiger partial charge in [-0.3, -0.25) is 9.78 Å². The Kier molecular flexibility index (Phi) is 5.27. The Morgan fingerprint density at radius 2 is 2.05 bits per heavy atom. The lowest BCUT2D eigenvalue weighted by Crippen LogP contribution is -2.32. The molecule has 1 rings (SSSR count). The quantitative estimate of drug-likeness (QED) is 0.663. The van der Waals surface area contributed by atoms with Crippen LogP contribution in [0, 0.1) is 11.8 Å². The Labute approximate surface area is 118 Å². The van der Waals surface area contributed by atoms with Gasteiger partial charge in [0.15, 0.2) is 5.78 Å². The number of ether oxygens (including phenoxy) is 1. The second kappa shape index (κ2) is 6.71. The summed E-state index contributed by atoms with van der Waals surface area (Å²) in [4.78, 5) is 26.4. The SMILES string of the molecule is CC(=O)c1ccc(C#CCNC(=O)OC(C)(C)C)cn1. The highest BCUT2D eigenvalue weighted by molar-refractivity contribution is 5.92. The maximum Gasteiger partial charge on any atom is 0.408 e. The number of carbonyl (C=O) groups excluding carboxylic acids is 2. The van der Waals surface area contributed by atoms with Crippen molar-refractivity contribution in [3.05, 3.63) is 29.6 Å². The van der Waals surface area contributed by atoms with Crippen LogP contribution in [-0.4, -0.2) is 29.0 Å². The van der Waals surface area contributed by atoms with Crippen LogP contribution >= 0.6 is 0 Å². The molecule has 0 saturated carbocycles. The van der Waals surface area contributed by atoms with Gasteiger partial charge in [0.05, 0.1) is 6.54 Å². The molecule has 0 aliphatic rings. The zero-order valence-electron chi connectivity index (χ0n) is 12.1. The van der Waals surface area contributed by atoms with Crippen LogP contribution < -0.4 is 5.32 Å². The smallest absolute Gasteiger partial charge is 0.408 e. The molecule has 0 fully saturated rings. The molecule has 0 saturated heterocycles. The molecule has 0 atom stereocenters. The summed E-state index contributed by atoms with van der Waals surface area (Å²) in [5.41, 5.74) is 0.563. The number of aromatic nitrogens is 1. The van der Waals surface area contributed by atoms with Crippen LogP contribution in [0.15, 0.2) is 18.3 Å². The van der Waals surface area contributed by atoms with Crippen molar-refractivity contribution in [3.63, 3.8) is 0 Å². The predicted octanol–water partition coefficient (Wildman–Crippen LogP) is 2.16. The number of nitrogens with one attached hydrogen (secondary N) is 1. The van der Waals surface area contributed by atoms with Gasteiger partial charge in [0, 0.05) is 18.7 Å². The standard InChI is InChI=1S/C15H18N2O3/c1-11(18)13-8-7-12(10-17-13)6-5-9-16-14(19)20-15(2,3)4/h7-8,10H,9H2,1-4H3,(H,16,19). The van der Waals surface area contributed by atoms with Crippen LogP contribution in [0.1, 0.15) is 43.7 Å². The summed E-state index contributed by atoms with van der Waals surface area (Å²) in [5.74, 6) is 5.53. The molecule has 1 N–H and O–H groups in total. The first kappa shape index (κ1) is 15.7. The lowest BCUT2D eigenvalue weighted by Gasteiger charge is -2.18. The van der Waals surface area contributed by atoms with E-state index in [9.17, 15) is 9.59 Å². The average Bonchev–Trinajstić information content (AvgIpc) is 2.33. The third-order valence-electron chi connectivity index (χ3n) is 2.08. The van der Waals surface area contributed by atoms with Crippen molar-refractivity contribution in [1.82, 2.24) is 10.3 Å². The predicted molar refractivity (Wildman–Crippen MR) is 75.4 cm³/mol. The first-order chi connectivity index (χ1) is 9.28. The number of amides is 1. The molecule has 0 radical (unpaired) electrons. The summed E-state index contributed by atoms with van der Waals surface area (Å²) in [6.45, 7) is 7.02. The van der Waals surface area contributed by atoms with Gasteiger partial charge in [-0.05, 0) is 32.9 Å². The largest absolute Gasteiger partial charge is 0.444 e. The number of hydrogen-bond acceptors (Lipinski definition) is 4. The van der Waals surface area contributed by atoms with Gasteiger partial charge in [0.2, 0.25) is 0 Å². The number of nitrogens with zero attached hydrogens (tertiary/aromatic N) is 1. The van der Waals surface area contributed by atoms with Gasteiger partial charge in [0.25, 0.3) is 0 Å². The summed E-state index contributed by atoms with van der Waals surface area (Å²) in [5, 5.41) is 2.53. The third kappa shape index (κ3) is 6.01. The number of rotatable bonds is 2. The monoisotopic (exact) mass is 274 g/mol. The molecule has 0 unspecified atom stereocenters. The fourth-order valence-corrected chi connectivity index (χ4v) is 1.25.